The molecule has 1 saturated heterocycles. The third-order valence-corrected chi connectivity index (χ3v) is 5.91. The van der Waals surface area contributed by atoms with Gasteiger partial charge in [0.2, 0.25) is 0 Å². The van der Waals surface area contributed by atoms with E-state index in [1.165, 1.54) is 63.6 Å². The second-order valence-electron chi connectivity index (χ2n) is 6.90. The van der Waals surface area contributed by atoms with Crippen molar-refractivity contribution in [2.45, 2.75) is 51.0 Å². The minimum Gasteiger partial charge on any atom is -0.329 e. The van der Waals surface area contributed by atoms with Gasteiger partial charge < -0.3 is 5.73 Å². The molecule has 2 aliphatic rings. The summed E-state index contributed by atoms with van der Waals surface area (Å²) >= 11 is 6.14. The van der Waals surface area contributed by atoms with Crippen LogP contribution in [0.3, 0.4) is 0 Å². The molecule has 3 rings (SSSR count). The molecule has 3 heteroatoms. The lowest BCUT2D eigenvalue weighted by atomic mass is 9.68. The number of halogens is 1. The van der Waals surface area contributed by atoms with Crippen molar-refractivity contribution in [2.24, 2.45) is 11.1 Å². The maximum Gasteiger partial charge on any atom is 0.0470 e. The Morgan fingerprint density at radius 2 is 1.81 bits per heavy atom. The third-order valence-electron chi connectivity index (χ3n) is 5.67. The number of likely N-dealkylation sites (tertiary alicyclic amines) is 1. The molecule has 0 bridgehead atoms. The molecule has 0 radical (unpaired) electrons. The van der Waals surface area contributed by atoms with Gasteiger partial charge in [-0.2, -0.15) is 0 Å². The van der Waals surface area contributed by atoms with Gasteiger partial charge in [0.15, 0.2) is 0 Å². The Balaban J connectivity index is 1.67. The average Bonchev–Trinajstić information content (AvgIpc) is 2.51. The number of piperidine rings is 1. The van der Waals surface area contributed by atoms with Crippen LogP contribution < -0.4 is 5.73 Å². The van der Waals surface area contributed by atoms with E-state index in [0.717, 1.165) is 5.02 Å². The Labute approximate surface area is 133 Å². The van der Waals surface area contributed by atoms with Crippen molar-refractivity contribution in [3.63, 3.8) is 0 Å². The van der Waals surface area contributed by atoms with Crippen molar-refractivity contribution in [3.05, 3.63) is 34.9 Å². The molecular formula is C18H27ClN2. The molecule has 1 aliphatic heterocycles. The average molecular weight is 307 g/mol. The Kier molecular flexibility index (Phi) is 4.88. The number of hydrogen-bond donors (Lipinski definition) is 1. The quantitative estimate of drug-likeness (QED) is 0.897. The van der Waals surface area contributed by atoms with Crippen LogP contribution in [0.1, 0.15) is 56.6 Å². The van der Waals surface area contributed by atoms with E-state index >= 15 is 0 Å². The molecule has 2 fully saturated rings. The molecule has 1 unspecified atom stereocenters. The molecule has 1 aliphatic carbocycles. The summed E-state index contributed by atoms with van der Waals surface area (Å²) in [6.07, 6.45) is 9.92. The summed E-state index contributed by atoms with van der Waals surface area (Å²) in [7, 11) is 0. The first-order chi connectivity index (χ1) is 10.2. The SMILES string of the molecule is NCC(c1cccc(Cl)c1)N1CCC2(CCCCC2)CC1. The second kappa shape index (κ2) is 6.68. The lowest BCUT2D eigenvalue weighted by Gasteiger charge is -2.46. The molecule has 2 nitrogen and oxygen atoms in total. The monoisotopic (exact) mass is 306 g/mol. The van der Waals surface area contributed by atoms with Gasteiger partial charge in [0, 0.05) is 17.6 Å². The van der Waals surface area contributed by atoms with Gasteiger partial charge in [-0.15, -0.1) is 0 Å². The molecule has 1 aromatic rings. The summed E-state index contributed by atoms with van der Waals surface area (Å²) < 4.78 is 0. The smallest absolute Gasteiger partial charge is 0.0470 e. The van der Waals surface area contributed by atoms with Crippen LogP contribution >= 0.6 is 11.6 Å². The van der Waals surface area contributed by atoms with Crippen LogP contribution in [-0.2, 0) is 0 Å². The Morgan fingerprint density at radius 3 is 2.43 bits per heavy atom. The highest BCUT2D eigenvalue weighted by atomic mass is 35.5. The van der Waals surface area contributed by atoms with Crippen LogP contribution in [-0.4, -0.2) is 24.5 Å². The first-order valence-electron chi connectivity index (χ1n) is 8.42. The number of nitrogens with two attached hydrogens (primary N) is 1. The number of rotatable bonds is 3. The molecule has 1 spiro atoms. The second-order valence-corrected chi connectivity index (χ2v) is 7.34. The molecular weight excluding hydrogens is 280 g/mol. The van der Waals surface area contributed by atoms with Crippen molar-refractivity contribution < 1.29 is 0 Å². The molecule has 1 saturated carbocycles. The summed E-state index contributed by atoms with van der Waals surface area (Å²) in [6, 6.07) is 8.53. The van der Waals surface area contributed by atoms with Gasteiger partial charge in [0.25, 0.3) is 0 Å². The van der Waals surface area contributed by atoms with Crippen LogP contribution in [0.25, 0.3) is 0 Å². The Morgan fingerprint density at radius 1 is 1.10 bits per heavy atom. The topological polar surface area (TPSA) is 29.3 Å². The van der Waals surface area contributed by atoms with Gasteiger partial charge in [-0.05, 0) is 61.9 Å². The molecule has 1 atom stereocenters. The fraction of sp³-hybridized carbons (Fsp3) is 0.667. The highest BCUT2D eigenvalue weighted by molar-refractivity contribution is 6.30. The van der Waals surface area contributed by atoms with E-state index in [0.29, 0.717) is 18.0 Å². The fourth-order valence-electron chi connectivity index (χ4n) is 4.32. The van der Waals surface area contributed by atoms with Gasteiger partial charge in [0.1, 0.15) is 0 Å². The lowest BCUT2D eigenvalue weighted by Crippen LogP contribution is -2.44. The van der Waals surface area contributed by atoms with E-state index < -0.39 is 0 Å². The van der Waals surface area contributed by atoms with Crippen molar-refractivity contribution in [3.8, 4) is 0 Å². The molecule has 116 valence electrons. The molecule has 1 heterocycles. The van der Waals surface area contributed by atoms with E-state index in [2.05, 4.69) is 17.0 Å². The highest BCUT2D eigenvalue weighted by Gasteiger charge is 2.37. The van der Waals surface area contributed by atoms with Crippen LogP contribution in [0.5, 0.6) is 0 Å². The van der Waals surface area contributed by atoms with Crippen molar-refractivity contribution in [2.75, 3.05) is 19.6 Å². The number of benzene rings is 1. The van der Waals surface area contributed by atoms with Crippen LogP contribution in [0.2, 0.25) is 5.02 Å². The summed E-state index contributed by atoms with van der Waals surface area (Å²) in [4.78, 5) is 2.57. The summed E-state index contributed by atoms with van der Waals surface area (Å²) in [6.45, 7) is 3.05. The van der Waals surface area contributed by atoms with Gasteiger partial charge in [-0.3, -0.25) is 4.90 Å². The standard InChI is InChI=1S/C18H27ClN2/c19-16-6-4-5-15(13-16)17(14-20)21-11-9-18(10-12-21)7-2-1-3-8-18/h4-6,13,17H,1-3,7-12,14,20H2. The zero-order valence-electron chi connectivity index (χ0n) is 12.9. The minimum atomic E-state index is 0.324. The van der Waals surface area contributed by atoms with Gasteiger partial charge >= 0.3 is 0 Å². The normalized spacial score (nSPS) is 24.1. The Hall–Kier alpha value is -0.570. The van der Waals surface area contributed by atoms with Crippen LogP contribution in [0, 0.1) is 5.41 Å². The van der Waals surface area contributed by atoms with Crippen LogP contribution in [0.15, 0.2) is 24.3 Å². The van der Waals surface area contributed by atoms with Gasteiger partial charge in [0.05, 0.1) is 0 Å². The maximum absolute atomic E-state index is 6.14. The largest absolute Gasteiger partial charge is 0.329 e. The molecule has 1 aromatic carbocycles. The predicted octanol–water partition coefficient (Wildman–Crippen LogP) is 4.39. The van der Waals surface area contributed by atoms with Crippen molar-refractivity contribution >= 4 is 11.6 Å². The first kappa shape index (κ1) is 15.3. The molecule has 0 amide bonds. The molecule has 0 aromatic heterocycles. The summed E-state index contributed by atoms with van der Waals surface area (Å²) in [5.41, 5.74) is 7.99. The van der Waals surface area contributed by atoms with E-state index in [4.69, 9.17) is 17.3 Å². The molecule has 21 heavy (non-hydrogen) atoms. The van der Waals surface area contributed by atoms with E-state index in [1.807, 2.05) is 12.1 Å². The van der Waals surface area contributed by atoms with E-state index in [-0.39, 0.29) is 0 Å². The highest BCUT2D eigenvalue weighted by Crippen LogP contribution is 2.45. The van der Waals surface area contributed by atoms with Crippen molar-refractivity contribution in [1.29, 1.82) is 0 Å². The number of nitrogens with zero attached hydrogens (tertiary/aromatic N) is 1. The fourth-order valence-corrected chi connectivity index (χ4v) is 4.52. The Bertz CT molecular complexity index is 458. The zero-order chi connectivity index (χ0) is 14.7. The minimum absolute atomic E-state index is 0.324. The first-order valence-corrected chi connectivity index (χ1v) is 8.80. The zero-order valence-corrected chi connectivity index (χ0v) is 13.6. The van der Waals surface area contributed by atoms with Crippen molar-refractivity contribution in [1.82, 2.24) is 4.90 Å². The third kappa shape index (κ3) is 3.44. The number of hydrogen-bond acceptors (Lipinski definition) is 2. The summed E-state index contributed by atoms with van der Waals surface area (Å²) in [5.74, 6) is 0. The van der Waals surface area contributed by atoms with Gasteiger partial charge in [-0.1, -0.05) is 43.0 Å². The predicted molar refractivity (Wildman–Crippen MR) is 89.6 cm³/mol. The van der Waals surface area contributed by atoms with E-state index in [9.17, 15) is 0 Å². The van der Waals surface area contributed by atoms with Crippen LogP contribution in [0.4, 0.5) is 0 Å². The van der Waals surface area contributed by atoms with E-state index in [1.54, 1.807) is 0 Å². The lowest BCUT2D eigenvalue weighted by molar-refractivity contribution is 0.0464. The molecule has 2 N–H and O–H groups in total. The van der Waals surface area contributed by atoms with Gasteiger partial charge in [-0.25, -0.2) is 0 Å². The summed E-state index contributed by atoms with van der Waals surface area (Å²) in [5, 5.41) is 0.812. The maximum atomic E-state index is 6.14.